The molecular weight excluding hydrogens is 296 g/mol. The third-order valence-corrected chi connectivity index (χ3v) is 3.38. The molecule has 2 rings (SSSR count). The molecule has 1 unspecified atom stereocenters. The Labute approximate surface area is 134 Å². The van der Waals surface area contributed by atoms with Crippen molar-refractivity contribution in [2.45, 2.75) is 33.2 Å². The summed E-state index contributed by atoms with van der Waals surface area (Å²) in [5.41, 5.74) is 1.04. The first-order valence-corrected chi connectivity index (χ1v) is 7.43. The highest BCUT2D eigenvalue weighted by Crippen LogP contribution is 2.18. The van der Waals surface area contributed by atoms with E-state index in [2.05, 4.69) is 15.6 Å². The molecule has 0 saturated heterocycles. The van der Waals surface area contributed by atoms with Gasteiger partial charge in [0.25, 0.3) is 0 Å². The van der Waals surface area contributed by atoms with E-state index < -0.39 is 12.0 Å². The van der Waals surface area contributed by atoms with Gasteiger partial charge in [-0.25, -0.2) is 9.48 Å². The van der Waals surface area contributed by atoms with Crippen molar-refractivity contribution >= 4 is 17.6 Å². The Morgan fingerprint density at radius 2 is 1.87 bits per heavy atom. The van der Waals surface area contributed by atoms with Crippen LogP contribution in [0.15, 0.2) is 30.3 Å². The number of hydrogen-bond acceptors (Lipinski definition) is 4. The second-order valence-corrected chi connectivity index (χ2v) is 5.76. The van der Waals surface area contributed by atoms with E-state index in [1.165, 1.54) is 4.68 Å². The van der Waals surface area contributed by atoms with Gasteiger partial charge >= 0.3 is 5.97 Å². The van der Waals surface area contributed by atoms with Crippen LogP contribution in [0.2, 0.25) is 0 Å². The lowest BCUT2D eigenvalue weighted by atomic mass is 10.1. The lowest BCUT2D eigenvalue weighted by Crippen LogP contribution is -2.26. The van der Waals surface area contributed by atoms with Crippen molar-refractivity contribution in [1.82, 2.24) is 15.0 Å². The van der Waals surface area contributed by atoms with Crippen LogP contribution in [-0.4, -0.2) is 32.0 Å². The maximum atomic E-state index is 12.4. The number of carbonyl (C=O) groups excluding carboxylic acids is 1. The fourth-order valence-electron chi connectivity index (χ4n) is 2.25. The zero-order valence-corrected chi connectivity index (χ0v) is 13.4. The van der Waals surface area contributed by atoms with Crippen LogP contribution in [0.4, 0.5) is 5.69 Å². The summed E-state index contributed by atoms with van der Waals surface area (Å²) in [6.45, 7) is 5.61. The Bertz CT molecular complexity index is 695. The first kappa shape index (κ1) is 16.7. The zero-order chi connectivity index (χ0) is 17.0. The number of amides is 1. The maximum absolute atomic E-state index is 12.4. The van der Waals surface area contributed by atoms with E-state index in [4.69, 9.17) is 0 Å². The van der Waals surface area contributed by atoms with Crippen molar-refractivity contribution in [2.75, 3.05) is 5.32 Å². The average Bonchev–Trinajstić information content (AvgIpc) is 2.90. The number of carboxylic acid groups (broad SMARTS) is 1. The van der Waals surface area contributed by atoms with Crippen LogP contribution in [-0.2, 0) is 11.2 Å². The van der Waals surface area contributed by atoms with Gasteiger partial charge in [0.15, 0.2) is 5.69 Å². The summed E-state index contributed by atoms with van der Waals surface area (Å²) in [4.78, 5) is 23.7. The van der Waals surface area contributed by atoms with Crippen molar-refractivity contribution in [3.8, 4) is 0 Å². The second kappa shape index (κ2) is 7.04. The predicted octanol–water partition coefficient (Wildman–Crippen LogP) is 2.37. The van der Waals surface area contributed by atoms with Crippen LogP contribution >= 0.6 is 0 Å². The van der Waals surface area contributed by atoms with Gasteiger partial charge in [-0.2, -0.15) is 0 Å². The third-order valence-electron chi connectivity index (χ3n) is 3.38. The quantitative estimate of drug-likeness (QED) is 0.852. The molecule has 0 aliphatic rings. The molecule has 7 heteroatoms. The Balaban J connectivity index is 2.26. The van der Waals surface area contributed by atoms with E-state index in [9.17, 15) is 14.7 Å². The van der Waals surface area contributed by atoms with Gasteiger partial charge in [0.05, 0.1) is 5.69 Å². The molecule has 1 amide bonds. The third kappa shape index (κ3) is 3.94. The molecule has 0 aliphatic carbocycles. The fourth-order valence-corrected chi connectivity index (χ4v) is 2.25. The van der Waals surface area contributed by atoms with E-state index >= 15 is 0 Å². The van der Waals surface area contributed by atoms with Crippen LogP contribution in [0.5, 0.6) is 0 Å². The van der Waals surface area contributed by atoms with Crippen LogP contribution in [0.3, 0.4) is 0 Å². The molecule has 2 N–H and O–H groups in total. The number of nitrogens with zero attached hydrogens (tertiary/aromatic N) is 3. The molecule has 0 bridgehead atoms. The highest BCUT2D eigenvalue weighted by molar-refractivity contribution is 5.93. The van der Waals surface area contributed by atoms with Gasteiger partial charge in [-0.05, 0) is 31.4 Å². The maximum Gasteiger partial charge on any atom is 0.358 e. The van der Waals surface area contributed by atoms with Gasteiger partial charge in [0.1, 0.15) is 6.04 Å². The molecule has 0 saturated carbocycles. The summed E-state index contributed by atoms with van der Waals surface area (Å²) >= 11 is 0. The van der Waals surface area contributed by atoms with E-state index in [-0.39, 0.29) is 17.5 Å². The monoisotopic (exact) mass is 316 g/mol. The molecule has 1 aromatic carbocycles. The predicted molar refractivity (Wildman–Crippen MR) is 85.3 cm³/mol. The van der Waals surface area contributed by atoms with E-state index in [1.54, 1.807) is 19.1 Å². The number of benzene rings is 1. The highest BCUT2D eigenvalue weighted by Gasteiger charge is 2.25. The number of hydrogen-bond donors (Lipinski definition) is 2. The molecule has 23 heavy (non-hydrogen) atoms. The minimum absolute atomic E-state index is 0.0990. The lowest BCUT2D eigenvalue weighted by Gasteiger charge is -2.16. The Hall–Kier alpha value is -2.70. The van der Waals surface area contributed by atoms with E-state index in [1.807, 2.05) is 32.0 Å². The largest absolute Gasteiger partial charge is 0.476 e. The first-order chi connectivity index (χ1) is 10.9. The number of carboxylic acids is 1. The number of aromatic nitrogens is 3. The molecule has 7 nitrogen and oxygen atoms in total. The lowest BCUT2D eigenvalue weighted by molar-refractivity contribution is -0.119. The van der Waals surface area contributed by atoms with Gasteiger partial charge in [-0.1, -0.05) is 37.3 Å². The summed E-state index contributed by atoms with van der Waals surface area (Å²) in [6, 6.07) is 8.40. The molecular formula is C16H20N4O3. The normalized spacial score (nSPS) is 12.2. The standard InChI is InChI=1S/C16H20N4O3/c1-10(2)9-13-14(16(22)23)18-19-20(13)11(3)15(21)17-12-7-5-4-6-8-12/h4-8,10-11H,9H2,1-3H3,(H,17,21)(H,22,23). The van der Waals surface area contributed by atoms with Gasteiger partial charge in [-0.3, -0.25) is 4.79 Å². The number of nitrogens with one attached hydrogen (secondary N) is 1. The van der Waals surface area contributed by atoms with Crippen molar-refractivity contribution in [3.05, 3.63) is 41.7 Å². The molecule has 1 aromatic heterocycles. The van der Waals surface area contributed by atoms with Crippen molar-refractivity contribution in [3.63, 3.8) is 0 Å². The fraction of sp³-hybridized carbons (Fsp3) is 0.375. The minimum Gasteiger partial charge on any atom is -0.476 e. The Kier molecular flexibility index (Phi) is 5.10. The summed E-state index contributed by atoms with van der Waals surface area (Å²) in [5.74, 6) is -1.19. The van der Waals surface area contributed by atoms with E-state index in [0.29, 0.717) is 17.8 Å². The summed E-state index contributed by atoms with van der Waals surface area (Å²) in [5, 5.41) is 19.6. The molecule has 2 aromatic rings. The molecule has 122 valence electrons. The topological polar surface area (TPSA) is 97.1 Å². The summed E-state index contributed by atoms with van der Waals surface area (Å²) in [6.07, 6.45) is 0.484. The van der Waals surface area contributed by atoms with Crippen molar-refractivity contribution in [2.24, 2.45) is 5.92 Å². The van der Waals surface area contributed by atoms with Crippen molar-refractivity contribution < 1.29 is 14.7 Å². The van der Waals surface area contributed by atoms with Gasteiger partial charge < -0.3 is 10.4 Å². The van der Waals surface area contributed by atoms with Crippen LogP contribution in [0, 0.1) is 5.92 Å². The minimum atomic E-state index is -1.14. The van der Waals surface area contributed by atoms with Crippen molar-refractivity contribution in [1.29, 1.82) is 0 Å². The highest BCUT2D eigenvalue weighted by atomic mass is 16.4. The number of aromatic carboxylic acids is 1. The van der Waals surface area contributed by atoms with Gasteiger partial charge in [0, 0.05) is 5.69 Å². The van der Waals surface area contributed by atoms with Gasteiger partial charge in [0.2, 0.25) is 5.91 Å². The first-order valence-electron chi connectivity index (χ1n) is 7.43. The molecule has 1 heterocycles. The SMILES string of the molecule is CC(C)Cc1c(C(=O)O)nnn1C(C)C(=O)Nc1ccccc1. The molecule has 0 fully saturated rings. The van der Waals surface area contributed by atoms with Gasteiger partial charge in [-0.15, -0.1) is 5.10 Å². The van der Waals surface area contributed by atoms with Crippen LogP contribution in [0.1, 0.15) is 43.0 Å². The summed E-state index contributed by atoms with van der Waals surface area (Å²) < 4.78 is 1.39. The summed E-state index contributed by atoms with van der Waals surface area (Å²) in [7, 11) is 0. The molecule has 0 aliphatic heterocycles. The number of rotatable bonds is 6. The van der Waals surface area contributed by atoms with Crippen LogP contribution in [0.25, 0.3) is 0 Å². The number of anilines is 1. The molecule has 0 radical (unpaired) electrons. The molecule has 0 spiro atoms. The van der Waals surface area contributed by atoms with Crippen LogP contribution < -0.4 is 5.32 Å². The number of para-hydroxylation sites is 1. The molecule has 1 atom stereocenters. The smallest absolute Gasteiger partial charge is 0.358 e. The second-order valence-electron chi connectivity index (χ2n) is 5.76. The Morgan fingerprint density at radius 1 is 1.22 bits per heavy atom. The van der Waals surface area contributed by atoms with E-state index in [0.717, 1.165) is 0 Å². The zero-order valence-electron chi connectivity index (χ0n) is 13.4. The average molecular weight is 316 g/mol. The Morgan fingerprint density at radius 3 is 2.43 bits per heavy atom. The number of carbonyl (C=O) groups is 2.